The summed E-state index contributed by atoms with van der Waals surface area (Å²) in [5.74, 6) is -0.941. The van der Waals surface area contributed by atoms with Gasteiger partial charge in [0.15, 0.2) is 0 Å². The average Bonchev–Trinajstić information content (AvgIpc) is 2.23. The van der Waals surface area contributed by atoms with Crippen molar-refractivity contribution in [3.63, 3.8) is 0 Å². The summed E-state index contributed by atoms with van der Waals surface area (Å²) in [5.41, 5.74) is 1.68. The van der Waals surface area contributed by atoms with Gasteiger partial charge in [-0.2, -0.15) is 0 Å². The number of carboxylic acids is 1. The number of aromatic nitrogens is 1. The Labute approximate surface area is 87.2 Å². The van der Waals surface area contributed by atoms with Crippen molar-refractivity contribution in [1.29, 1.82) is 0 Å². The summed E-state index contributed by atoms with van der Waals surface area (Å²) >= 11 is 0. The minimum atomic E-state index is -0.941. The maximum Gasteiger partial charge on any atom is 0.337 e. The minimum Gasteiger partial charge on any atom is -0.478 e. The van der Waals surface area contributed by atoms with Crippen LogP contribution in [0.2, 0.25) is 0 Å². The molecule has 0 fully saturated rings. The highest BCUT2D eigenvalue weighted by molar-refractivity contribution is 5.89. The van der Waals surface area contributed by atoms with Crippen LogP contribution in [0.25, 0.3) is 0 Å². The summed E-state index contributed by atoms with van der Waals surface area (Å²) in [5, 5.41) is 9.04. The number of aryl methyl sites for hydroxylation is 1. The Balaban J connectivity index is 2.73. The van der Waals surface area contributed by atoms with E-state index in [0.29, 0.717) is 18.4 Å². The van der Waals surface area contributed by atoms with Gasteiger partial charge in [0.25, 0.3) is 5.56 Å². The van der Waals surface area contributed by atoms with Gasteiger partial charge in [-0.3, -0.25) is 4.79 Å². The molecule has 1 aromatic heterocycles. The van der Waals surface area contributed by atoms with Crippen LogP contribution < -0.4 is 5.56 Å². The molecule has 4 heteroatoms. The van der Waals surface area contributed by atoms with Gasteiger partial charge in [0.05, 0.1) is 5.56 Å². The number of nitrogens with zero attached hydrogens (tertiary/aromatic N) is 1. The number of hydrogen-bond acceptors (Lipinski definition) is 2. The molecule has 0 amide bonds. The second-order valence-electron chi connectivity index (χ2n) is 3.93. The molecule has 80 valence electrons. The topological polar surface area (TPSA) is 59.3 Å². The first kappa shape index (κ1) is 9.96. The van der Waals surface area contributed by atoms with E-state index in [-0.39, 0.29) is 11.1 Å². The van der Waals surface area contributed by atoms with Crippen molar-refractivity contribution < 1.29 is 9.90 Å². The smallest absolute Gasteiger partial charge is 0.337 e. The maximum atomic E-state index is 11.8. The molecule has 15 heavy (non-hydrogen) atoms. The van der Waals surface area contributed by atoms with E-state index in [2.05, 4.69) is 0 Å². The van der Waals surface area contributed by atoms with E-state index in [1.165, 1.54) is 10.8 Å². The molecular weight excluding hydrogens is 194 g/mol. The third kappa shape index (κ3) is 1.56. The van der Waals surface area contributed by atoms with Crippen molar-refractivity contribution in [3.8, 4) is 0 Å². The molecule has 0 radical (unpaired) electrons. The molecule has 0 bridgehead atoms. The molecule has 0 atom stereocenters. The van der Waals surface area contributed by atoms with Gasteiger partial charge < -0.3 is 9.67 Å². The van der Waals surface area contributed by atoms with Crippen LogP contribution in [0.5, 0.6) is 0 Å². The summed E-state index contributed by atoms with van der Waals surface area (Å²) in [6, 6.07) is 0. The molecule has 1 aliphatic rings. The third-order valence-corrected chi connectivity index (χ3v) is 2.92. The lowest BCUT2D eigenvalue weighted by molar-refractivity contribution is 0.0694. The molecule has 0 saturated carbocycles. The second-order valence-corrected chi connectivity index (χ2v) is 3.93. The van der Waals surface area contributed by atoms with Crippen LogP contribution >= 0.6 is 0 Å². The lowest BCUT2D eigenvalue weighted by Crippen LogP contribution is -2.27. The number of carbonyl (C=O) groups is 1. The Morgan fingerprint density at radius 3 is 2.53 bits per heavy atom. The monoisotopic (exact) mass is 207 g/mol. The molecule has 0 saturated heterocycles. The Morgan fingerprint density at radius 1 is 1.33 bits per heavy atom. The summed E-state index contributed by atoms with van der Waals surface area (Å²) < 4.78 is 1.37. The van der Waals surface area contributed by atoms with Crippen molar-refractivity contribution in [3.05, 3.63) is 33.2 Å². The largest absolute Gasteiger partial charge is 0.478 e. The zero-order valence-corrected chi connectivity index (χ0v) is 8.62. The van der Waals surface area contributed by atoms with E-state index in [1.54, 1.807) is 7.05 Å². The first-order valence-corrected chi connectivity index (χ1v) is 5.06. The summed E-state index contributed by atoms with van der Waals surface area (Å²) in [7, 11) is 1.60. The fourth-order valence-corrected chi connectivity index (χ4v) is 2.17. The number of aromatic carboxylic acids is 1. The number of pyridine rings is 1. The molecule has 4 nitrogen and oxygen atoms in total. The molecule has 1 N–H and O–H groups in total. The zero-order valence-electron chi connectivity index (χ0n) is 8.62. The maximum absolute atomic E-state index is 11.8. The van der Waals surface area contributed by atoms with E-state index in [0.717, 1.165) is 18.4 Å². The van der Waals surface area contributed by atoms with Gasteiger partial charge in [0.2, 0.25) is 0 Å². The lowest BCUT2D eigenvalue weighted by atomic mass is 9.90. The molecule has 0 unspecified atom stereocenters. The molecule has 1 aliphatic carbocycles. The predicted molar refractivity (Wildman–Crippen MR) is 55.3 cm³/mol. The van der Waals surface area contributed by atoms with Crippen molar-refractivity contribution in [1.82, 2.24) is 4.57 Å². The highest BCUT2D eigenvalue weighted by Crippen LogP contribution is 2.21. The fraction of sp³-hybridized carbons (Fsp3) is 0.455. The number of rotatable bonds is 1. The molecular formula is C11H13NO3. The molecule has 2 rings (SSSR count). The normalized spacial score (nSPS) is 14.7. The molecule has 0 spiro atoms. The first-order valence-electron chi connectivity index (χ1n) is 5.06. The highest BCUT2D eigenvalue weighted by atomic mass is 16.4. The Bertz CT molecular complexity index is 473. The molecule has 1 aromatic rings. The van der Waals surface area contributed by atoms with E-state index >= 15 is 0 Å². The second kappa shape index (κ2) is 3.53. The van der Waals surface area contributed by atoms with Crippen LogP contribution in [-0.4, -0.2) is 15.6 Å². The Morgan fingerprint density at radius 2 is 1.93 bits per heavy atom. The fourth-order valence-electron chi connectivity index (χ4n) is 2.17. The van der Waals surface area contributed by atoms with Crippen molar-refractivity contribution in [2.45, 2.75) is 25.7 Å². The number of hydrogen-bond donors (Lipinski definition) is 1. The van der Waals surface area contributed by atoms with Crippen LogP contribution in [0.1, 0.15) is 34.3 Å². The quantitative estimate of drug-likeness (QED) is 0.746. The van der Waals surface area contributed by atoms with E-state index in [9.17, 15) is 9.59 Å². The highest BCUT2D eigenvalue weighted by Gasteiger charge is 2.20. The molecule has 0 aliphatic heterocycles. The van der Waals surface area contributed by atoms with Crippen molar-refractivity contribution in [2.75, 3.05) is 0 Å². The third-order valence-electron chi connectivity index (χ3n) is 2.92. The number of fused-ring (bicyclic) bond motifs is 1. The van der Waals surface area contributed by atoms with Crippen LogP contribution in [0, 0.1) is 0 Å². The van der Waals surface area contributed by atoms with Crippen LogP contribution in [0.3, 0.4) is 0 Å². The predicted octanol–water partition coefficient (Wildman–Crippen LogP) is 0.962. The Kier molecular flexibility index (Phi) is 2.34. The van der Waals surface area contributed by atoms with Crippen molar-refractivity contribution in [2.24, 2.45) is 7.05 Å². The van der Waals surface area contributed by atoms with Gasteiger partial charge in [-0.25, -0.2) is 4.79 Å². The summed E-state index contributed by atoms with van der Waals surface area (Å²) in [4.78, 5) is 22.8. The van der Waals surface area contributed by atoms with Gasteiger partial charge in [0, 0.05) is 18.8 Å². The summed E-state index contributed by atoms with van der Waals surface area (Å²) in [6.07, 6.45) is 4.80. The molecule has 0 aromatic carbocycles. The van der Waals surface area contributed by atoms with E-state index < -0.39 is 5.97 Å². The molecule has 1 heterocycles. The van der Waals surface area contributed by atoms with Crippen LogP contribution in [0.4, 0.5) is 0 Å². The average molecular weight is 207 g/mol. The van der Waals surface area contributed by atoms with Gasteiger partial charge in [-0.15, -0.1) is 0 Å². The first-order chi connectivity index (χ1) is 7.11. The van der Waals surface area contributed by atoms with Crippen LogP contribution in [0.15, 0.2) is 11.0 Å². The SMILES string of the molecule is Cn1cc(C(=O)O)c2c(c1=O)CCCC2. The lowest BCUT2D eigenvalue weighted by Gasteiger charge is -2.18. The van der Waals surface area contributed by atoms with E-state index in [1.807, 2.05) is 0 Å². The van der Waals surface area contributed by atoms with Gasteiger partial charge in [0.1, 0.15) is 0 Å². The van der Waals surface area contributed by atoms with Crippen LogP contribution in [-0.2, 0) is 19.9 Å². The van der Waals surface area contributed by atoms with Gasteiger partial charge in [-0.05, 0) is 31.2 Å². The minimum absolute atomic E-state index is 0.0466. The summed E-state index contributed by atoms with van der Waals surface area (Å²) in [6.45, 7) is 0. The standard InChI is InChI=1S/C11H13NO3/c1-12-6-9(11(14)15)7-4-2-3-5-8(7)10(12)13/h6H,2-5H2,1H3,(H,14,15). The number of carboxylic acid groups (broad SMARTS) is 1. The zero-order chi connectivity index (χ0) is 11.0. The van der Waals surface area contributed by atoms with Gasteiger partial charge in [-0.1, -0.05) is 0 Å². The van der Waals surface area contributed by atoms with Gasteiger partial charge >= 0.3 is 5.97 Å². The van der Waals surface area contributed by atoms with E-state index in [4.69, 9.17) is 5.11 Å². The van der Waals surface area contributed by atoms with Crippen molar-refractivity contribution >= 4 is 5.97 Å². The Hall–Kier alpha value is -1.58.